The number of rotatable bonds is 3. The third kappa shape index (κ3) is 3.53. The summed E-state index contributed by atoms with van der Waals surface area (Å²) in [5.74, 6) is 2.71. The molecule has 5 heteroatoms. The smallest absolute Gasteiger partial charge is 0.422 e. The van der Waals surface area contributed by atoms with Gasteiger partial charge in [-0.15, -0.1) is 6.42 Å². The first kappa shape index (κ1) is 15.8. The average molecular weight is 305 g/mol. The highest BCUT2D eigenvalue weighted by molar-refractivity contribution is 5.72. The molecule has 0 saturated carbocycles. The molecule has 0 aromatic heterocycles. The van der Waals surface area contributed by atoms with Crippen LogP contribution >= 0.6 is 0 Å². The zero-order valence-electron chi connectivity index (χ0n) is 11.9. The van der Waals surface area contributed by atoms with Gasteiger partial charge in [-0.05, 0) is 42.0 Å². The number of nitrogens with zero attached hydrogens (tertiary/aromatic N) is 1. The number of ether oxygens (including phenoxy) is 1. The Labute approximate surface area is 127 Å². The van der Waals surface area contributed by atoms with Crippen molar-refractivity contribution in [3.05, 3.63) is 59.8 Å². The Hall–Kier alpha value is -2.61. The summed E-state index contributed by atoms with van der Waals surface area (Å²) in [5.41, 5.74) is 3.07. The highest BCUT2D eigenvalue weighted by atomic mass is 19.4. The van der Waals surface area contributed by atoms with Crippen LogP contribution in [0.2, 0.25) is 0 Å². The van der Waals surface area contributed by atoms with Crippen molar-refractivity contribution in [1.82, 2.24) is 4.90 Å². The lowest BCUT2D eigenvalue weighted by atomic mass is 10.0. The van der Waals surface area contributed by atoms with Crippen molar-refractivity contribution < 1.29 is 17.9 Å². The zero-order valence-corrected chi connectivity index (χ0v) is 11.9. The minimum absolute atomic E-state index is 0.166. The van der Waals surface area contributed by atoms with Crippen molar-refractivity contribution in [1.29, 1.82) is 0 Å². The quantitative estimate of drug-likeness (QED) is 0.783. The van der Waals surface area contributed by atoms with E-state index in [0.717, 1.165) is 11.3 Å². The van der Waals surface area contributed by atoms with Crippen LogP contribution in [-0.2, 0) is 0 Å². The third-order valence-corrected chi connectivity index (χ3v) is 3.19. The molecule has 0 atom stereocenters. The Balaban J connectivity index is 2.18. The van der Waals surface area contributed by atoms with Crippen LogP contribution in [0.4, 0.5) is 13.2 Å². The SMILES string of the molecule is C#CC1=CC=C(c2ccc(OCC(F)(F)F)cc2)N(C)C1=C. The van der Waals surface area contributed by atoms with E-state index in [1.807, 2.05) is 18.0 Å². The lowest BCUT2D eigenvalue weighted by Crippen LogP contribution is -2.20. The number of halogens is 3. The molecule has 2 rings (SSSR count). The second-order valence-corrected chi connectivity index (χ2v) is 4.71. The first-order chi connectivity index (χ1) is 10.3. The molecule has 1 aliphatic heterocycles. The van der Waals surface area contributed by atoms with Gasteiger partial charge in [0.15, 0.2) is 6.61 Å². The molecule has 2 nitrogen and oxygen atoms in total. The molecule has 22 heavy (non-hydrogen) atoms. The number of benzene rings is 1. The summed E-state index contributed by atoms with van der Waals surface area (Å²) in [6.45, 7) is 2.62. The second kappa shape index (κ2) is 6.02. The van der Waals surface area contributed by atoms with E-state index in [1.54, 1.807) is 18.2 Å². The van der Waals surface area contributed by atoms with Crippen LogP contribution < -0.4 is 4.74 Å². The number of likely N-dealkylation sites (N-methyl/N-ethyl adjacent to an activating group) is 1. The van der Waals surface area contributed by atoms with Crippen LogP contribution in [0.25, 0.3) is 5.70 Å². The molecule has 0 N–H and O–H groups in total. The van der Waals surface area contributed by atoms with Gasteiger partial charge in [-0.1, -0.05) is 12.5 Å². The van der Waals surface area contributed by atoms with E-state index in [2.05, 4.69) is 17.2 Å². The van der Waals surface area contributed by atoms with Gasteiger partial charge in [0.1, 0.15) is 5.75 Å². The van der Waals surface area contributed by atoms with Crippen LogP contribution in [0.1, 0.15) is 5.56 Å². The topological polar surface area (TPSA) is 12.5 Å². The minimum atomic E-state index is -4.35. The summed E-state index contributed by atoms with van der Waals surface area (Å²) < 4.78 is 41.0. The van der Waals surface area contributed by atoms with Crippen molar-refractivity contribution in [2.75, 3.05) is 13.7 Å². The first-order valence-corrected chi connectivity index (χ1v) is 6.43. The van der Waals surface area contributed by atoms with Gasteiger partial charge in [0.05, 0.1) is 0 Å². The highest BCUT2D eigenvalue weighted by Crippen LogP contribution is 2.30. The standard InChI is InChI=1S/C17H14F3NO/c1-4-13-7-10-16(21(3)12(13)2)14-5-8-15(9-6-14)22-11-17(18,19)20/h1,5-10H,2,11H2,3H3. The Kier molecular flexibility index (Phi) is 4.32. The fraction of sp³-hybridized carbons (Fsp3) is 0.176. The van der Waals surface area contributed by atoms with Crippen molar-refractivity contribution in [3.8, 4) is 18.1 Å². The van der Waals surface area contributed by atoms with Crippen molar-refractivity contribution in [3.63, 3.8) is 0 Å². The average Bonchev–Trinajstić information content (AvgIpc) is 2.48. The monoisotopic (exact) mass is 305 g/mol. The second-order valence-electron chi connectivity index (χ2n) is 4.71. The van der Waals surface area contributed by atoms with Gasteiger partial charge in [-0.3, -0.25) is 0 Å². The van der Waals surface area contributed by atoms with Crippen LogP contribution in [0.15, 0.2) is 54.3 Å². The van der Waals surface area contributed by atoms with Gasteiger partial charge < -0.3 is 9.64 Å². The Bertz CT molecular complexity index is 675. The number of terminal acetylenes is 1. The molecule has 1 heterocycles. The Morgan fingerprint density at radius 1 is 1.23 bits per heavy atom. The maximum absolute atomic E-state index is 12.1. The summed E-state index contributed by atoms with van der Waals surface area (Å²) in [4.78, 5) is 1.83. The molecule has 0 radical (unpaired) electrons. The molecule has 0 unspecified atom stereocenters. The van der Waals surface area contributed by atoms with Gasteiger partial charge in [0, 0.05) is 24.0 Å². The maximum atomic E-state index is 12.1. The van der Waals surface area contributed by atoms with E-state index in [0.29, 0.717) is 11.3 Å². The summed E-state index contributed by atoms with van der Waals surface area (Å²) in [7, 11) is 1.83. The molecule has 114 valence electrons. The Morgan fingerprint density at radius 2 is 1.86 bits per heavy atom. The number of hydrogen-bond donors (Lipinski definition) is 0. The highest BCUT2D eigenvalue weighted by Gasteiger charge is 2.28. The fourth-order valence-corrected chi connectivity index (χ4v) is 2.00. The predicted octanol–water partition coefficient (Wildman–Crippen LogP) is 3.99. The first-order valence-electron chi connectivity index (χ1n) is 6.43. The molecule has 0 spiro atoms. The normalized spacial score (nSPS) is 15.0. The summed E-state index contributed by atoms with van der Waals surface area (Å²) in [6, 6.07) is 6.38. The predicted molar refractivity (Wildman–Crippen MR) is 79.8 cm³/mol. The molecule has 1 aromatic carbocycles. The number of allylic oxidation sites excluding steroid dienone is 3. The summed E-state index contributed by atoms with van der Waals surface area (Å²) in [6.07, 6.45) is 4.66. The van der Waals surface area contributed by atoms with E-state index in [9.17, 15) is 13.2 Å². The minimum Gasteiger partial charge on any atom is -0.484 e. The molecule has 0 amide bonds. The summed E-state index contributed by atoms with van der Waals surface area (Å²) >= 11 is 0. The Morgan fingerprint density at radius 3 is 2.41 bits per heavy atom. The van der Waals surface area contributed by atoms with Gasteiger partial charge in [0.25, 0.3) is 0 Å². The van der Waals surface area contributed by atoms with Gasteiger partial charge in [-0.2, -0.15) is 13.2 Å². The third-order valence-electron chi connectivity index (χ3n) is 3.19. The molecular weight excluding hydrogens is 291 g/mol. The van der Waals surface area contributed by atoms with Crippen LogP contribution in [0.3, 0.4) is 0 Å². The molecular formula is C17H14F3NO. The van der Waals surface area contributed by atoms with E-state index in [4.69, 9.17) is 6.42 Å². The number of hydrogen-bond acceptors (Lipinski definition) is 2. The van der Waals surface area contributed by atoms with Gasteiger partial charge >= 0.3 is 6.18 Å². The molecule has 0 aliphatic carbocycles. The van der Waals surface area contributed by atoms with Gasteiger partial charge in [-0.25, -0.2) is 0 Å². The fourth-order valence-electron chi connectivity index (χ4n) is 2.00. The van der Waals surface area contributed by atoms with E-state index >= 15 is 0 Å². The lowest BCUT2D eigenvalue weighted by molar-refractivity contribution is -0.153. The van der Waals surface area contributed by atoms with Crippen molar-refractivity contribution in [2.45, 2.75) is 6.18 Å². The molecule has 1 aromatic rings. The van der Waals surface area contributed by atoms with Crippen LogP contribution in [0, 0.1) is 12.3 Å². The van der Waals surface area contributed by atoms with Crippen LogP contribution in [-0.4, -0.2) is 24.7 Å². The largest absolute Gasteiger partial charge is 0.484 e. The zero-order chi connectivity index (χ0) is 16.3. The van der Waals surface area contributed by atoms with Gasteiger partial charge in [0.2, 0.25) is 0 Å². The molecule has 0 fully saturated rings. The van der Waals surface area contributed by atoms with Crippen LogP contribution in [0.5, 0.6) is 5.75 Å². The van der Waals surface area contributed by atoms with Crippen molar-refractivity contribution in [2.24, 2.45) is 0 Å². The van der Waals surface area contributed by atoms with Crippen molar-refractivity contribution >= 4 is 5.70 Å². The van der Waals surface area contributed by atoms with E-state index < -0.39 is 12.8 Å². The summed E-state index contributed by atoms with van der Waals surface area (Å²) in [5, 5.41) is 0. The van der Waals surface area contributed by atoms with E-state index in [-0.39, 0.29) is 5.75 Å². The van der Waals surface area contributed by atoms with E-state index in [1.165, 1.54) is 12.1 Å². The molecule has 0 saturated heterocycles. The number of alkyl halides is 3. The lowest BCUT2D eigenvalue weighted by Gasteiger charge is -2.28. The maximum Gasteiger partial charge on any atom is 0.422 e. The molecule has 0 bridgehead atoms. The molecule has 1 aliphatic rings.